The van der Waals surface area contributed by atoms with Gasteiger partial charge in [-0.05, 0) is 59.1 Å². The van der Waals surface area contributed by atoms with Gasteiger partial charge in [-0.15, -0.1) is 11.3 Å². The van der Waals surface area contributed by atoms with E-state index in [2.05, 4.69) is 0 Å². The highest BCUT2D eigenvalue weighted by molar-refractivity contribution is 7.14. The van der Waals surface area contributed by atoms with E-state index in [0.717, 1.165) is 5.00 Å². The van der Waals surface area contributed by atoms with E-state index in [0.29, 0.717) is 0 Å². The second-order valence-corrected chi connectivity index (χ2v) is 6.86. The zero-order valence-corrected chi connectivity index (χ0v) is 12.2. The molecule has 0 radical (unpaired) electrons. The van der Waals surface area contributed by atoms with Gasteiger partial charge in [0, 0.05) is 5.54 Å². The third-order valence-electron chi connectivity index (χ3n) is 1.97. The first-order valence-electron chi connectivity index (χ1n) is 5.68. The molecule has 17 heavy (non-hydrogen) atoms. The quantitative estimate of drug-likeness (QED) is 0.749. The molecule has 0 spiro atoms. The van der Waals surface area contributed by atoms with E-state index in [9.17, 15) is 4.79 Å². The van der Waals surface area contributed by atoms with Gasteiger partial charge in [0.15, 0.2) is 0 Å². The summed E-state index contributed by atoms with van der Waals surface area (Å²) in [5.74, 6) is 0. The molecule has 0 atom stereocenters. The van der Waals surface area contributed by atoms with Crippen LogP contribution in [0.2, 0.25) is 0 Å². The lowest BCUT2D eigenvalue weighted by molar-refractivity contribution is 0.0551. The topological polar surface area (TPSA) is 29.5 Å². The third kappa shape index (κ3) is 4.04. The Bertz CT molecular complexity index is 371. The first-order chi connectivity index (χ1) is 7.61. The van der Waals surface area contributed by atoms with E-state index in [1.165, 1.54) is 11.3 Å². The number of thiophene rings is 1. The van der Waals surface area contributed by atoms with Crippen molar-refractivity contribution >= 4 is 22.4 Å². The number of anilines is 1. The Kier molecular flexibility index (Phi) is 3.87. The van der Waals surface area contributed by atoms with Crippen molar-refractivity contribution in [3.63, 3.8) is 0 Å². The van der Waals surface area contributed by atoms with E-state index in [4.69, 9.17) is 4.74 Å². The third-order valence-corrected chi connectivity index (χ3v) is 2.83. The molecule has 1 aromatic heterocycles. The molecule has 0 bridgehead atoms. The molecule has 0 aliphatic rings. The van der Waals surface area contributed by atoms with Gasteiger partial charge in [-0.25, -0.2) is 4.79 Å². The summed E-state index contributed by atoms with van der Waals surface area (Å²) in [6.45, 7) is 11.6. The molecule has 0 saturated carbocycles. The minimum Gasteiger partial charge on any atom is -0.443 e. The molecule has 1 heterocycles. The number of rotatable bonds is 1. The predicted octanol–water partition coefficient (Wildman–Crippen LogP) is 4.29. The van der Waals surface area contributed by atoms with E-state index in [1.54, 1.807) is 4.90 Å². The molecule has 0 saturated heterocycles. The predicted molar refractivity (Wildman–Crippen MR) is 72.8 cm³/mol. The van der Waals surface area contributed by atoms with Crippen LogP contribution in [-0.4, -0.2) is 17.2 Å². The number of carbonyl (C=O) groups is 1. The SMILES string of the molecule is CC(C)(C)OC(=O)N(c1cccs1)C(C)(C)C. The number of nitrogens with zero attached hydrogens (tertiary/aromatic N) is 1. The van der Waals surface area contributed by atoms with Crippen molar-refractivity contribution in [3.8, 4) is 0 Å². The second-order valence-electron chi connectivity index (χ2n) is 5.94. The van der Waals surface area contributed by atoms with E-state index >= 15 is 0 Å². The van der Waals surface area contributed by atoms with Crippen LogP contribution in [0.25, 0.3) is 0 Å². The van der Waals surface area contributed by atoms with Gasteiger partial charge in [0.1, 0.15) is 10.6 Å². The minimum absolute atomic E-state index is 0.298. The molecule has 0 fully saturated rings. The molecule has 0 aliphatic carbocycles. The van der Waals surface area contributed by atoms with Crippen LogP contribution in [0, 0.1) is 0 Å². The van der Waals surface area contributed by atoms with Crippen molar-refractivity contribution in [2.24, 2.45) is 0 Å². The largest absolute Gasteiger partial charge is 0.443 e. The van der Waals surface area contributed by atoms with Crippen LogP contribution in [0.1, 0.15) is 41.5 Å². The van der Waals surface area contributed by atoms with Crippen molar-refractivity contribution in [2.75, 3.05) is 4.90 Å². The molecule has 1 aromatic rings. The number of amides is 1. The normalized spacial score (nSPS) is 12.4. The first-order valence-corrected chi connectivity index (χ1v) is 6.56. The van der Waals surface area contributed by atoms with E-state index < -0.39 is 5.60 Å². The molecular formula is C13H21NO2S. The van der Waals surface area contributed by atoms with Crippen LogP contribution in [-0.2, 0) is 4.74 Å². The highest BCUT2D eigenvalue weighted by atomic mass is 32.1. The minimum atomic E-state index is -0.474. The Balaban J connectivity index is 2.97. The summed E-state index contributed by atoms with van der Waals surface area (Å²) in [7, 11) is 0. The highest BCUT2D eigenvalue weighted by Gasteiger charge is 2.32. The van der Waals surface area contributed by atoms with Crippen molar-refractivity contribution in [1.29, 1.82) is 0 Å². The molecule has 1 amide bonds. The molecule has 4 heteroatoms. The van der Waals surface area contributed by atoms with Crippen LogP contribution in [0.3, 0.4) is 0 Å². The lowest BCUT2D eigenvalue weighted by atomic mass is 10.1. The van der Waals surface area contributed by atoms with Crippen LogP contribution in [0.4, 0.5) is 9.80 Å². The monoisotopic (exact) mass is 255 g/mol. The Morgan fingerprint density at radius 1 is 1.24 bits per heavy atom. The summed E-state index contributed by atoms with van der Waals surface area (Å²) in [5.41, 5.74) is -0.773. The standard InChI is InChI=1S/C13H21NO2S/c1-12(2,3)14(10-8-7-9-17-10)11(15)16-13(4,5)6/h7-9H,1-6H3. The lowest BCUT2D eigenvalue weighted by Gasteiger charge is -2.35. The Hall–Kier alpha value is -1.03. The smallest absolute Gasteiger partial charge is 0.415 e. The first kappa shape index (κ1) is 14.0. The summed E-state index contributed by atoms with van der Waals surface area (Å²) in [6, 6.07) is 3.86. The number of carbonyl (C=O) groups excluding carboxylic acids is 1. The zero-order chi connectivity index (χ0) is 13.3. The molecule has 0 aromatic carbocycles. The van der Waals surface area contributed by atoms with Crippen molar-refractivity contribution < 1.29 is 9.53 Å². The fourth-order valence-corrected chi connectivity index (χ4v) is 2.31. The molecule has 0 unspecified atom stereocenters. The number of hydrogen-bond donors (Lipinski definition) is 0. The lowest BCUT2D eigenvalue weighted by Crippen LogP contribution is -2.47. The van der Waals surface area contributed by atoms with Crippen molar-refractivity contribution in [1.82, 2.24) is 0 Å². The molecule has 0 aliphatic heterocycles. The van der Waals surface area contributed by atoms with Crippen LogP contribution < -0.4 is 4.90 Å². The average Bonchev–Trinajstić information content (AvgIpc) is 2.49. The van der Waals surface area contributed by atoms with Crippen molar-refractivity contribution in [2.45, 2.75) is 52.7 Å². The summed E-state index contributed by atoms with van der Waals surface area (Å²) >= 11 is 1.54. The molecule has 96 valence electrons. The fourth-order valence-electron chi connectivity index (χ4n) is 1.40. The molecule has 0 N–H and O–H groups in total. The van der Waals surface area contributed by atoms with Crippen LogP contribution in [0.15, 0.2) is 17.5 Å². The summed E-state index contributed by atoms with van der Waals surface area (Å²) < 4.78 is 5.44. The van der Waals surface area contributed by atoms with Gasteiger partial charge in [-0.2, -0.15) is 0 Å². The summed E-state index contributed by atoms with van der Waals surface area (Å²) in [5, 5.41) is 2.87. The van der Waals surface area contributed by atoms with Gasteiger partial charge in [0.2, 0.25) is 0 Å². The van der Waals surface area contributed by atoms with Crippen molar-refractivity contribution in [3.05, 3.63) is 17.5 Å². The van der Waals surface area contributed by atoms with Gasteiger partial charge in [0.25, 0.3) is 0 Å². The van der Waals surface area contributed by atoms with Gasteiger partial charge in [-0.1, -0.05) is 0 Å². The van der Waals surface area contributed by atoms with E-state index in [1.807, 2.05) is 59.1 Å². The van der Waals surface area contributed by atoms with Gasteiger partial charge in [-0.3, -0.25) is 4.90 Å². The Labute approximate surface area is 107 Å². The Morgan fingerprint density at radius 2 is 1.82 bits per heavy atom. The molecule has 1 rings (SSSR count). The van der Waals surface area contributed by atoms with Gasteiger partial charge >= 0.3 is 6.09 Å². The number of hydrogen-bond acceptors (Lipinski definition) is 3. The van der Waals surface area contributed by atoms with Gasteiger partial charge in [0.05, 0.1) is 0 Å². The Morgan fingerprint density at radius 3 is 2.18 bits per heavy atom. The maximum absolute atomic E-state index is 12.2. The molecular weight excluding hydrogens is 234 g/mol. The maximum atomic E-state index is 12.2. The second kappa shape index (κ2) is 4.69. The van der Waals surface area contributed by atoms with Crippen LogP contribution >= 0.6 is 11.3 Å². The fraction of sp³-hybridized carbons (Fsp3) is 0.615. The van der Waals surface area contributed by atoms with Crippen LogP contribution in [0.5, 0.6) is 0 Å². The average molecular weight is 255 g/mol. The summed E-state index contributed by atoms with van der Waals surface area (Å²) in [4.78, 5) is 13.9. The summed E-state index contributed by atoms with van der Waals surface area (Å²) in [6.07, 6.45) is -0.299. The van der Waals surface area contributed by atoms with E-state index in [-0.39, 0.29) is 11.6 Å². The highest BCUT2D eigenvalue weighted by Crippen LogP contribution is 2.30. The van der Waals surface area contributed by atoms with Gasteiger partial charge < -0.3 is 4.74 Å². The maximum Gasteiger partial charge on any atom is 0.415 e. The number of ether oxygens (including phenoxy) is 1. The zero-order valence-electron chi connectivity index (χ0n) is 11.4. The molecule has 3 nitrogen and oxygen atoms in total.